The van der Waals surface area contributed by atoms with E-state index in [4.69, 9.17) is 0 Å². The Balaban J connectivity index is 2.41. The van der Waals surface area contributed by atoms with Crippen LogP contribution >= 0.6 is 0 Å². The van der Waals surface area contributed by atoms with Crippen LogP contribution in [0, 0.1) is 0 Å². The topological polar surface area (TPSA) is 0 Å². The number of hydrogen-bond donors (Lipinski definition) is 0. The Morgan fingerprint density at radius 2 is 1.50 bits per heavy atom. The van der Waals surface area contributed by atoms with Gasteiger partial charge in [0.05, 0.1) is 0 Å². The molecule has 0 saturated heterocycles. The summed E-state index contributed by atoms with van der Waals surface area (Å²) >= 11 is 0. The molecule has 1 aromatic carbocycles. The Morgan fingerprint density at radius 1 is 0.889 bits per heavy atom. The number of rotatable bonds is 9. The first-order valence-corrected chi connectivity index (χ1v) is 7.55. The van der Waals surface area contributed by atoms with Gasteiger partial charge in [0.2, 0.25) is 0 Å². The third-order valence-corrected chi connectivity index (χ3v) is 3.51. The van der Waals surface area contributed by atoms with Crippen LogP contribution in [0.2, 0.25) is 0 Å². The maximum atomic E-state index is 4.20. The summed E-state index contributed by atoms with van der Waals surface area (Å²) in [7, 11) is 0. The highest BCUT2D eigenvalue weighted by Crippen LogP contribution is 2.20. The van der Waals surface area contributed by atoms with Crippen LogP contribution in [0.15, 0.2) is 30.8 Å². The molecule has 18 heavy (non-hydrogen) atoms. The molecule has 1 rings (SSSR count). The molecule has 0 aliphatic carbocycles. The van der Waals surface area contributed by atoms with Gasteiger partial charge in [0, 0.05) is 0 Å². The van der Waals surface area contributed by atoms with E-state index in [0.717, 1.165) is 6.42 Å². The third-order valence-electron chi connectivity index (χ3n) is 3.51. The van der Waals surface area contributed by atoms with Crippen molar-refractivity contribution in [3.05, 3.63) is 42.0 Å². The lowest BCUT2D eigenvalue weighted by molar-refractivity contribution is 0.717. The van der Waals surface area contributed by atoms with E-state index in [0.29, 0.717) is 0 Å². The molecule has 0 aromatic heterocycles. The van der Waals surface area contributed by atoms with Gasteiger partial charge in [-0.15, -0.1) is 0 Å². The molecule has 0 spiro atoms. The van der Waals surface area contributed by atoms with Crippen LogP contribution in [0.4, 0.5) is 0 Å². The van der Waals surface area contributed by atoms with Crippen molar-refractivity contribution >= 4 is 5.57 Å². The molecule has 0 saturated carbocycles. The molecule has 0 aliphatic heterocycles. The number of benzene rings is 1. The standard InChI is InChI=1S/C18H28/c1-4-6-8-10-16(3)18-14-12-17(13-15-18)11-9-7-5-2/h12-15H,3-11H2,1-2H3. The summed E-state index contributed by atoms with van der Waals surface area (Å²) in [6, 6.07) is 9.04. The molecule has 0 heteroatoms. The Morgan fingerprint density at radius 3 is 2.11 bits per heavy atom. The van der Waals surface area contributed by atoms with E-state index in [-0.39, 0.29) is 0 Å². The second-order valence-corrected chi connectivity index (χ2v) is 5.21. The average Bonchev–Trinajstić information content (AvgIpc) is 2.40. The summed E-state index contributed by atoms with van der Waals surface area (Å²) in [5.74, 6) is 0. The Labute approximate surface area is 113 Å². The molecule has 0 amide bonds. The van der Waals surface area contributed by atoms with Crippen LogP contribution in [-0.2, 0) is 6.42 Å². The molecule has 0 nitrogen and oxygen atoms in total. The van der Waals surface area contributed by atoms with Crippen molar-refractivity contribution in [3.8, 4) is 0 Å². The van der Waals surface area contributed by atoms with Gasteiger partial charge in [-0.3, -0.25) is 0 Å². The summed E-state index contributed by atoms with van der Waals surface area (Å²) in [4.78, 5) is 0. The highest BCUT2D eigenvalue weighted by atomic mass is 14.0. The summed E-state index contributed by atoms with van der Waals surface area (Å²) in [5, 5.41) is 0. The first-order valence-electron chi connectivity index (χ1n) is 7.55. The lowest BCUT2D eigenvalue weighted by atomic mass is 9.99. The van der Waals surface area contributed by atoms with Gasteiger partial charge in [0.1, 0.15) is 0 Å². The van der Waals surface area contributed by atoms with Crippen LogP contribution in [-0.4, -0.2) is 0 Å². The largest absolute Gasteiger partial charge is 0.0952 e. The van der Waals surface area contributed by atoms with Gasteiger partial charge < -0.3 is 0 Å². The van der Waals surface area contributed by atoms with E-state index in [1.807, 2.05) is 0 Å². The van der Waals surface area contributed by atoms with Gasteiger partial charge in [0.25, 0.3) is 0 Å². The minimum absolute atomic E-state index is 1.14. The molecule has 0 fully saturated rings. The number of allylic oxidation sites excluding steroid dienone is 1. The van der Waals surface area contributed by atoms with Gasteiger partial charge in [-0.25, -0.2) is 0 Å². The second kappa shape index (κ2) is 8.97. The molecular formula is C18H28. The van der Waals surface area contributed by atoms with E-state index in [1.165, 1.54) is 61.6 Å². The highest BCUT2D eigenvalue weighted by molar-refractivity contribution is 5.63. The second-order valence-electron chi connectivity index (χ2n) is 5.21. The predicted molar refractivity (Wildman–Crippen MR) is 82.8 cm³/mol. The fourth-order valence-electron chi connectivity index (χ4n) is 2.22. The van der Waals surface area contributed by atoms with Gasteiger partial charge in [-0.05, 0) is 42.4 Å². The SMILES string of the molecule is C=C(CCCCC)c1ccc(CCCCC)cc1. The molecule has 100 valence electrons. The molecule has 0 unspecified atom stereocenters. The maximum absolute atomic E-state index is 4.20. The van der Waals surface area contributed by atoms with Crippen molar-refractivity contribution in [1.29, 1.82) is 0 Å². The summed E-state index contributed by atoms with van der Waals surface area (Å²) in [6.45, 7) is 8.70. The molecule has 0 aliphatic rings. The molecule has 0 N–H and O–H groups in total. The molecular weight excluding hydrogens is 216 g/mol. The summed E-state index contributed by atoms with van der Waals surface area (Å²) in [6.07, 6.45) is 10.2. The average molecular weight is 244 g/mol. The van der Waals surface area contributed by atoms with Crippen LogP contribution in [0.25, 0.3) is 5.57 Å². The van der Waals surface area contributed by atoms with E-state index in [1.54, 1.807) is 0 Å². The van der Waals surface area contributed by atoms with Crippen LogP contribution in [0.1, 0.15) is 69.9 Å². The number of aryl methyl sites for hydroxylation is 1. The zero-order valence-corrected chi connectivity index (χ0v) is 12.2. The third kappa shape index (κ3) is 5.53. The van der Waals surface area contributed by atoms with E-state index < -0.39 is 0 Å². The summed E-state index contributed by atoms with van der Waals surface area (Å²) in [5.41, 5.74) is 4.09. The molecule has 0 atom stereocenters. The zero-order valence-electron chi connectivity index (χ0n) is 12.2. The lowest BCUT2D eigenvalue weighted by Gasteiger charge is -2.07. The monoisotopic (exact) mass is 244 g/mol. The van der Waals surface area contributed by atoms with Crippen molar-refractivity contribution in [1.82, 2.24) is 0 Å². The van der Waals surface area contributed by atoms with Crippen molar-refractivity contribution < 1.29 is 0 Å². The van der Waals surface area contributed by atoms with Gasteiger partial charge in [0.15, 0.2) is 0 Å². The Bertz CT molecular complexity index is 332. The van der Waals surface area contributed by atoms with Crippen LogP contribution in [0.5, 0.6) is 0 Å². The van der Waals surface area contributed by atoms with Gasteiger partial charge in [-0.1, -0.05) is 70.4 Å². The smallest absolute Gasteiger partial charge is 0.0230 e. The normalized spacial score (nSPS) is 10.6. The Kier molecular flexibility index (Phi) is 7.48. The lowest BCUT2D eigenvalue weighted by Crippen LogP contribution is -1.88. The maximum Gasteiger partial charge on any atom is -0.0230 e. The first kappa shape index (κ1) is 15.0. The van der Waals surface area contributed by atoms with E-state index in [9.17, 15) is 0 Å². The molecule has 0 heterocycles. The highest BCUT2D eigenvalue weighted by Gasteiger charge is 1.99. The predicted octanol–water partition coefficient (Wildman–Crippen LogP) is 6.01. The minimum Gasteiger partial charge on any atom is -0.0952 e. The van der Waals surface area contributed by atoms with Crippen molar-refractivity contribution in [2.45, 2.75) is 65.2 Å². The van der Waals surface area contributed by atoms with E-state index >= 15 is 0 Å². The molecule has 0 radical (unpaired) electrons. The van der Waals surface area contributed by atoms with Crippen LogP contribution < -0.4 is 0 Å². The Hall–Kier alpha value is -1.04. The quantitative estimate of drug-likeness (QED) is 0.466. The summed E-state index contributed by atoms with van der Waals surface area (Å²) < 4.78 is 0. The van der Waals surface area contributed by atoms with Crippen molar-refractivity contribution in [2.24, 2.45) is 0 Å². The fraction of sp³-hybridized carbons (Fsp3) is 0.556. The van der Waals surface area contributed by atoms with Gasteiger partial charge >= 0.3 is 0 Å². The number of hydrogen-bond acceptors (Lipinski definition) is 0. The molecule has 0 bridgehead atoms. The van der Waals surface area contributed by atoms with E-state index in [2.05, 4.69) is 44.7 Å². The first-order chi connectivity index (χ1) is 8.77. The van der Waals surface area contributed by atoms with Crippen LogP contribution in [0.3, 0.4) is 0 Å². The zero-order chi connectivity index (χ0) is 13.2. The van der Waals surface area contributed by atoms with Gasteiger partial charge in [-0.2, -0.15) is 0 Å². The van der Waals surface area contributed by atoms with Crippen molar-refractivity contribution in [3.63, 3.8) is 0 Å². The minimum atomic E-state index is 1.14. The fourth-order valence-corrected chi connectivity index (χ4v) is 2.22. The molecule has 1 aromatic rings. The van der Waals surface area contributed by atoms with Crippen molar-refractivity contribution in [2.75, 3.05) is 0 Å². The number of unbranched alkanes of at least 4 members (excludes halogenated alkanes) is 4.